The van der Waals surface area contributed by atoms with Crippen LogP contribution in [-0.4, -0.2) is 5.78 Å². The molecule has 19 heavy (non-hydrogen) atoms. The number of benzene rings is 2. The first kappa shape index (κ1) is 13.7. The molecule has 98 valence electrons. The molecule has 0 unspecified atom stereocenters. The Balaban J connectivity index is 2.53. The monoisotopic (exact) mass is 280 g/mol. The topological polar surface area (TPSA) is 17.1 Å². The molecule has 1 nitrogen and oxygen atoms in total. The average molecular weight is 281 g/mol. The second-order valence-electron chi connectivity index (χ2n) is 4.39. The Hall–Kier alpha value is -1.74. The number of carbonyl (C=O) groups excluding carboxylic acids is 1. The van der Waals surface area contributed by atoms with Gasteiger partial charge < -0.3 is 0 Å². The predicted molar refractivity (Wildman–Crippen MR) is 70.7 cm³/mol. The van der Waals surface area contributed by atoms with Gasteiger partial charge in [-0.15, -0.1) is 0 Å². The first-order chi connectivity index (χ1) is 8.90. The first-order valence-corrected chi connectivity index (χ1v) is 6.04. The van der Waals surface area contributed by atoms with Gasteiger partial charge in [0.2, 0.25) is 0 Å². The molecule has 0 atom stereocenters. The summed E-state index contributed by atoms with van der Waals surface area (Å²) in [6.45, 7) is 3.31. The summed E-state index contributed by atoms with van der Waals surface area (Å²) in [5, 5.41) is 0.256. The minimum absolute atomic E-state index is 0.176. The van der Waals surface area contributed by atoms with Gasteiger partial charge in [-0.3, -0.25) is 4.79 Å². The van der Waals surface area contributed by atoms with Crippen LogP contribution >= 0.6 is 11.6 Å². The summed E-state index contributed by atoms with van der Waals surface area (Å²) in [6.07, 6.45) is 0. The molecule has 2 aromatic carbocycles. The highest BCUT2D eigenvalue weighted by Crippen LogP contribution is 2.23. The molecule has 0 aliphatic carbocycles. The number of rotatable bonds is 2. The maximum absolute atomic E-state index is 13.7. The predicted octanol–water partition coefficient (Wildman–Crippen LogP) is 4.47. The van der Waals surface area contributed by atoms with Gasteiger partial charge in [0.25, 0.3) is 0 Å². The Kier molecular flexibility index (Phi) is 3.67. The van der Waals surface area contributed by atoms with Crippen molar-refractivity contribution in [2.75, 3.05) is 0 Å². The summed E-state index contributed by atoms with van der Waals surface area (Å²) in [7, 11) is 0. The zero-order valence-corrected chi connectivity index (χ0v) is 11.2. The molecular formula is C15H11ClF2O. The quantitative estimate of drug-likeness (QED) is 0.742. The summed E-state index contributed by atoms with van der Waals surface area (Å²) in [6, 6.07) is 6.79. The van der Waals surface area contributed by atoms with E-state index in [2.05, 4.69) is 0 Å². The minimum atomic E-state index is -0.884. The molecule has 0 saturated heterocycles. The standard InChI is InChI=1S/C15H11ClF2O/c1-8-3-4-10(12(16)5-8)15(19)11-6-9(2)13(17)7-14(11)18/h3-7H,1-2H3. The lowest BCUT2D eigenvalue weighted by molar-refractivity contribution is 0.103. The highest BCUT2D eigenvalue weighted by atomic mass is 35.5. The molecule has 0 aliphatic heterocycles. The van der Waals surface area contributed by atoms with Crippen LogP contribution in [0.15, 0.2) is 30.3 Å². The van der Waals surface area contributed by atoms with Crippen molar-refractivity contribution in [2.24, 2.45) is 0 Å². The van der Waals surface area contributed by atoms with Crippen LogP contribution in [0.25, 0.3) is 0 Å². The molecule has 2 rings (SSSR count). The molecule has 0 saturated carbocycles. The van der Waals surface area contributed by atoms with Gasteiger partial charge in [0.05, 0.1) is 10.6 Å². The van der Waals surface area contributed by atoms with Crippen LogP contribution in [0.2, 0.25) is 5.02 Å². The number of halogens is 3. The Labute approximate surface area is 114 Å². The smallest absolute Gasteiger partial charge is 0.197 e. The van der Waals surface area contributed by atoms with E-state index >= 15 is 0 Å². The Morgan fingerprint density at radius 2 is 1.68 bits per heavy atom. The van der Waals surface area contributed by atoms with Crippen molar-refractivity contribution >= 4 is 17.4 Å². The SMILES string of the molecule is Cc1ccc(C(=O)c2cc(C)c(F)cc2F)c(Cl)c1. The van der Waals surface area contributed by atoms with Crippen molar-refractivity contribution in [3.63, 3.8) is 0 Å². The van der Waals surface area contributed by atoms with Gasteiger partial charge >= 0.3 is 0 Å². The van der Waals surface area contributed by atoms with E-state index in [4.69, 9.17) is 11.6 Å². The third-order valence-corrected chi connectivity index (χ3v) is 3.17. The van der Waals surface area contributed by atoms with Crippen molar-refractivity contribution < 1.29 is 13.6 Å². The van der Waals surface area contributed by atoms with Crippen LogP contribution in [0.5, 0.6) is 0 Å². The summed E-state index contributed by atoms with van der Waals surface area (Å²) in [5.74, 6) is -2.11. The fourth-order valence-electron chi connectivity index (χ4n) is 1.78. The van der Waals surface area contributed by atoms with E-state index in [-0.39, 0.29) is 21.7 Å². The number of aryl methyl sites for hydroxylation is 2. The van der Waals surface area contributed by atoms with Gasteiger partial charge in [0.1, 0.15) is 11.6 Å². The fourth-order valence-corrected chi connectivity index (χ4v) is 2.10. The van der Waals surface area contributed by atoms with Gasteiger partial charge in [0.15, 0.2) is 5.78 Å². The van der Waals surface area contributed by atoms with E-state index < -0.39 is 17.4 Å². The first-order valence-electron chi connectivity index (χ1n) is 5.66. The molecule has 0 amide bonds. The van der Waals surface area contributed by atoms with Gasteiger partial charge in [-0.2, -0.15) is 0 Å². The lowest BCUT2D eigenvalue weighted by Gasteiger charge is -2.07. The summed E-state index contributed by atoms with van der Waals surface area (Å²) in [4.78, 5) is 12.2. The lowest BCUT2D eigenvalue weighted by Crippen LogP contribution is -2.06. The molecule has 0 radical (unpaired) electrons. The Bertz CT molecular complexity index is 665. The second-order valence-corrected chi connectivity index (χ2v) is 4.80. The van der Waals surface area contributed by atoms with E-state index in [1.807, 2.05) is 6.92 Å². The third-order valence-electron chi connectivity index (χ3n) is 2.86. The molecule has 2 aromatic rings. The maximum atomic E-state index is 13.7. The van der Waals surface area contributed by atoms with Gasteiger partial charge in [-0.25, -0.2) is 8.78 Å². The van der Waals surface area contributed by atoms with Crippen molar-refractivity contribution in [1.82, 2.24) is 0 Å². The van der Waals surface area contributed by atoms with Crippen LogP contribution < -0.4 is 0 Å². The number of ketones is 1. The molecule has 0 aromatic heterocycles. The van der Waals surface area contributed by atoms with E-state index in [9.17, 15) is 13.6 Å². The molecule has 0 N–H and O–H groups in total. The largest absolute Gasteiger partial charge is 0.288 e. The highest BCUT2D eigenvalue weighted by molar-refractivity contribution is 6.35. The fraction of sp³-hybridized carbons (Fsp3) is 0.133. The zero-order chi connectivity index (χ0) is 14.2. The molecule has 0 heterocycles. The van der Waals surface area contributed by atoms with Crippen molar-refractivity contribution in [3.8, 4) is 0 Å². The second kappa shape index (κ2) is 5.10. The van der Waals surface area contributed by atoms with Gasteiger partial charge in [0, 0.05) is 11.6 Å². The normalized spacial score (nSPS) is 10.6. The number of hydrogen-bond acceptors (Lipinski definition) is 1. The molecule has 0 aliphatic rings. The highest BCUT2D eigenvalue weighted by Gasteiger charge is 2.18. The van der Waals surface area contributed by atoms with E-state index in [0.29, 0.717) is 6.07 Å². The average Bonchev–Trinajstić information content (AvgIpc) is 2.33. The molecule has 0 spiro atoms. The molecule has 4 heteroatoms. The van der Waals surface area contributed by atoms with Crippen LogP contribution in [0.3, 0.4) is 0 Å². The lowest BCUT2D eigenvalue weighted by atomic mass is 10.00. The molecule has 0 bridgehead atoms. The van der Waals surface area contributed by atoms with Crippen LogP contribution in [-0.2, 0) is 0 Å². The third kappa shape index (κ3) is 2.66. The van der Waals surface area contributed by atoms with Crippen molar-refractivity contribution in [2.45, 2.75) is 13.8 Å². The Morgan fingerprint density at radius 1 is 1.00 bits per heavy atom. The van der Waals surface area contributed by atoms with Crippen LogP contribution in [0.4, 0.5) is 8.78 Å². The molecular weight excluding hydrogens is 270 g/mol. The van der Waals surface area contributed by atoms with Crippen LogP contribution in [0, 0.1) is 25.5 Å². The molecule has 0 fully saturated rings. The zero-order valence-electron chi connectivity index (χ0n) is 10.4. The van der Waals surface area contributed by atoms with Crippen molar-refractivity contribution in [1.29, 1.82) is 0 Å². The summed E-state index contributed by atoms with van der Waals surface area (Å²) >= 11 is 5.98. The number of carbonyl (C=O) groups is 1. The van der Waals surface area contributed by atoms with Gasteiger partial charge in [-0.05, 0) is 43.2 Å². The Morgan fingerprint density at radius 3 is 2.32 bits per heavy atom. The van der Waals surface area contributed by atoms with E-state index in [0.717, 1.165) is 5.56 Å². The van der Waals surface area contributed by atoms with E-state index in [1.165, 1.54) is 19.1 Å². The summed E-state index contributed by atoms with van der Waals surface area (Å²) < 4.78 is 26.9. The van der Waals surface area contributed by atoms with E-state index in [1.54, 1.807) is 12.1 Å². The van der Waals surface area contributed by atoms with Crippen LogP contribution in [0.1, 0.15) is 27.0 Å². The maximum Gasteiger partial charge on any atom is 0.197 e. The minimum Gasteiger partial charge on any atom is -0.288 e. The summed E-state index contributed by atoms with van der Waals surface area (Å²) in [5.41, 5.74) is 1.15. The van der Waals surface area contributed by atoms with Crippen molar-refractivity contribution in [3.05, 3.63) is 69.2 Å². The number of hydrogen-bond donors (Lipinski definition) is 0. The van der Waals surface area contributed by atoms with Gasteiger partial charge in [-0.1, -0.05) is 17.7 Å².